The summed E-state index contributed by atoms with van der Waals surface area (Å²) in [5, 5.41) is 37.0. The van der Waals surface area contributed by atoms with Crippen LogP contribution in [0.2, 0.25) is 5.02 Å². The predicted molar refractivity (Wildman–Crippen MR) is 122 cm³/mol. The van der Waals surface area contributed by atoms with E-state index in [2.05, 4.69) is 15.6 Å². The average Bonchev–Trinajstić information content (AvgIpc) is 3.27. The van der Waals surface area contributed by atoms with Gasteiger partial charge >= 0.3 is 5.97 Å². The van der Waals surface area contributed by atoms with Crippen LogP contribution in [-0.2, 0) is 16.9 Å². The molecule has 0 aliphatic heterocycles. The van der Waals surface area contributed by atoms with E-state index in [4.69, 9.17) is 16.7 Å². The number of amides is 1. The molecule has 1 aromatic heterocycles. The van der Waals surface area contributed by atoms with Crippen LogP contribution >= 0.6 is 11.6 Å². The fourth-order valence-electron chi connectivity index (χ4n) is 3.12. The van der Waals surface area contributed by atoms with Gasteiger partial charge < -0.3 is 15.3 Å². The molecule has 0 radical (unpaired) electrons. The lowest BCUT2D eigenvalue weighted by Crippen LogP contribution is -2.47. The van der Waals surface area contributed by atoms with Gasteiger partial charge in [-0.2, -0.15) is 5.10 Å². The van der Waals surface area contributed by atoms with Crippen molar-refractivity contribution in [3.8, 4) is 11.1 Å². The number of rotatable bonds is 9. The van der Waals surface area contributed by atoms with Gasteiger partial charge in [0, 0.05) is 17.1 Å². The lowest BCUT2D eigenvalue weighted by molar-refractivity contribution is -0.148. The van der Waals surface area contributed by atoms with Gasteiger partial charge in [-0.3, -0.25) is 15.3 Å². The topological polar surface area (TPSA) is 139 Å². The number of carboxylic acid groups (broad SMARTS) is 1. The second-order valence-electron chi connectivity index (χ2n) is 8.22. The zero-order valence-electron chi connectivity index (χ0n) is 18.4. The highest BCUT2D eigenvalue weighted by atomic mass is 35.5. The summed E-state index contributed by atoms with van der Waals surface area (Å²) < 4.78 is 14.1. The summed E-state index contributed by atoms with van der Waals surface area (Å²) >= 11 is 5.96. The zero-order valence-corrected chi connectivity index (χ0v) is 19.2. The smallest absolute Gasteiger partial charge is 0.333 e. The van der Waals surface area contributed by atoms with Gasteiger partial charge in [0.15, 0.2) is 11.8 Å². The quantitative estimate of drug-likeness (QED) is 0.291. The molecule has 2 aromatic carbocycles. The molecular formula is C23H24ClFN4O5. The summed E-state index contributed by atoms with van der Waals surface area (Å²) in [5.74, 6) is -2.54. The highest BCUT2D eigenvalue weighted by Gasteiger charge is 2.24. The van der Waals surface area contributed by atoms with Crippen molar-refractivity contribution in [1.29, 1.82) is 0 Å². The molecule has 1 atom stereocenters. The Morgan fingerprint density at radius 1 is 1.21 bits per heavy atom. The number of aliphatic carboxylic acids is 1. The number of hydrazine groups is 1. The number of carbonyl (C=O) groups excluding carboxylic acids is 1. The van der Waals surface area contributed by atoms with Crippen molar-refractivity contribution in [1.82, 2.24) is 20.6 Å². The number of hydrogen-bond acceptors (Lipinski definition) is 6. The van der Waals surface area contributed by atoms with Crippen molar-refractivity contribution in [2.24, 2.45) is 0 Å². The van der Waals surface area contributed by atoms with Crippen LogP contribution in [-0.4, -0.2) is 55.1 Å². The lowest BCUT2D eigenvalue weighted by Gasteiger charge is -2.24. The number of H-pyrrole nitrogens is 1. The summed E-state index contributed by atoms with van der Waals surface area (Å²) in [7, 11) is 0. The van der Waals surface area contributed by atoms with Crippen LogP contribution in [0.1, 0.15) is 35.6 Å². The van der Waals surface area contributed by atoms with Crippen molar-refractivity contribution in [3.05, 3.63) is 76.3 Å². The highest BCUT2D eigenvalue weighted by Crippen LogP contribution is 2.26. The molecule has 0 bridgehead atoms. The zero-order chi connectivity index (χ0) is 25.0. The monoisotopic (exact) mass is 490 g/mol. The number of halogens is 2. The Hall–Kier alpha value is -3.31. The minimum Gasteiger partial charge on any atom is -0.479 e. The first-order chi connectivity index (χ1) is 15.9. The summed E-state index contributed by atoms with van der Waals surface area (Å²) in [6.07, 6.45) is -1.76. The first-order valence-electron chi connectivity index (χ1n) is 10.2. The molecule has 0 aliphatic rings. The molecule has 3 aromatic rings. The van der Waals surface area contributed by atoms with E-state index in [9.17, 15) is 24.2 Å². The van der Waals surface area contributed by atoms with Crippen LogP contribution in [0, 0.1) is 5.82 Å². The standard InChI is InChI=1S/C23H24ClFN4O5/c1-23(2,34)20-10-18(26-27-20)21(31)28-29(12-19(30)22(32)33)11-13-3-5-14(6-4-13)16-9-15(24)7-8-17(16)25/h3-10,19,30,34H,11-12H2,1-2H3,(H,26,27)(H,28,31)(H,32,33)/t19-/m1/s1. The summed E-state index contributed by atoms with van der Waals surface area (Å²) in [4.78, 5) is 23.8. The van der Waals surface area contributed by atoms with Crippen molar-refractivity contribution in [2.75, 3.05) is 6.54 Å². The van der Waals surface area contributed by atoms with Gasteiger partial charge in [-0.25, -0.2) is 14.2 Å². The van der Waals surface area contributed by atoms with E-state index >= 15 is 0 Å². The van der Waals surface area contributed by atoms with Gasteiger partial charge in [0.1, 0.15) is 11.4 Å². The minimum absolute atomic E-state index is 0.0290. The second kappa shape index (κ2) is 10.3. The van der Waals surface area contributed by atoms with Crippen molar-refractivity contribution >= 4 is 23.5 Å². The third kappa shape index (κ3) is 6.39. The molecular weight excluding hydrogens is 467 g/mol. The third-order valence-electron chi connectivity index (χ3n) is 4.97. The number of aliphatic hydroxyl groups excluding tert-OH is 1. The van der Waals surface area contributed by atoms with Gasteiger partial charge in [-0.15, -0.1) is 0 Å². The van der Waals surface area contributed by atoms with Crippen LogP contribution in [0.3, 0.4) is 0 Å². The van der Waals surface area contributed by atoms with E-state index in [1.54, 1.807) is 24.3 Å². The number of aliphatic hydroxyl groups is 2. The van der Waals surface area contributed by atoms with Crippen LogP contribution < -0.4 is 5.43 Å². The van der Waals surface area contributed by atoms with E-state index in [0.29, 0.717) is 27.4 Å². The third-order valence-corrected chi connectivity index (χ3v) is 5.21. The molecule has 34 heavy (non-hydrogen) atoms. The van der Waals surface area contributed by atoms with E-state index < -0.39 is 35.9 Å². The molecule has 0 saturated carbocycles. The average molecular weight is 491 g/mol. The molecule has 5 N–H and O–H groups in total. The highest BCUT2D eigenvalue weighted by molar-refractivity contribution is 6.30. The van der Waals surface area contributed by atoms with Gasteiger partial charge in [-0.05, 0) is 49.2 Å². The van der Waals surface area contributed by atoms with E-state index in [1.165, 1.54) is 43.1 Å². The van der Waals surface area contributed by atoms with Crippen molar-refractivity contribution < 1.29 is 29.3 Å². The number of carboxylic acids is 1. The van der Waals surface area contributed by atoms with Crippen LogP contribution in [0.25, 0.3) is 11.1 Å². The molecule has 11 heteroatoms. The Morgan fingerprint density at radius 3 is 2.47 bits per heavy atom. The number of hydrogen-bond donors (Lipinski definition) is 5. The van der Waals surface area contributed by atoms with E-state index in [0.717, 1.165) is 0 Å². The second-order valence-corrected chi connectivity index (χ2v) is 8.66. The van der Waals surface area contributed by atoms with Crippen LogP contribution in [0.4, 0.5) is 4.39 Å². The molecule has 0 unspecified atom stereocenters. The number of aromatic amines is 1. The Morgan fingerprint density at radius 2 is 1.88 bits per heavy atom. The summed E-state index contributed by atoms with van der Waals surface area (Å²) in [5.41, 5.74) is 3.14. The lowest BCUT2D eigenvalue weighted by atomic mass is 10.0. The summed E-state index contributed by atoms with van der Waals surface area (Å²) in [6, 6.07) is 12.3. The molecule has 3 rings (SSSR count). The fraction of sp³-hybridized carbons (Fsp3) is 0.261. The van der Waals surface area contributed by atoms with Gasteiger partial charge in [0.2, 0.25) is 0 Å². The maximum absolute atomic E-state index is 14.1. The first-order valence-corrected chi connectivity index (χ1v) is 10.6. The molecule has 1 heterocycles. The molecule has 9 nitrogen and oxygen atoms in total. The Labute approximate surface area is 199 Å². The van der Waals surface area contributed by atoms with E-state index in [-0.39, 0.29) is 12.2 Å². The predicted octanol–water partition coefficient (Wildman–Crippen LogP) is 2.69. The number of aromatic nitrogens is 2. The largest absolute Gasteiger partial charge is 0.479 e. The molecule has 0 aliphatic carbocycles. The maximum Gasteiger partial charge on any atom is 0.333 e. The Balaban J connectivity index is 1.78. The van der Waals surface area contributed by atoms with Crippen molar-refractivity contribution in [2.45, 2.75) is 32.1 Å². The number of nitrogens with one attached hydrogen (secondary N) is 2. The normalized spacial score (nSPS) is 12.6. The molecule has 180 valence electrons. The Kier molecular flexibility index (Phi) is 7.68. The van der Waals surface area contributed by atoms with Crippen molar-refractivity contribution in [3.63, 3.8) is 0 Å². The van der Waals surface area contributed by atoms with Gasteiger partial charge in [-0.1, -0.05) is 35.9 Å². The summed E-state index contributed by atoms with van der Waals surface area (Å²) in [6.45, 7) is 2.68. The number of nitrogens with zero attached hydrogens (tertiary/aromatic N) is 2. The maximum atomic E-state index is 14.1. The number of carbonyl (C=O) groups is 2. The molecule has 0 fully saturated rings. The fourth-order valence-corrected chi connectivity index (χ4v) is 3.29. The number of benzene rings is 2. The van der Waals surface area contributed by atoms with E-state index in [1.807, 2.05) is 0 Å². The van der Waals surface area contributed by atoms with Crippen LogP contribution in [0.15, 0.2) is 48.5 Å². The molecule has 0 spiro atoms. The van der Waals surface area contributed by atoms with Gasteiger partial charge in [0.05, 0.1) is 12.2 Å². The first kappa shape index (κ1) is 25.3. The minimum atomic E-state index is -1.76. The molecule has 1 amide bonds. The Bertz CT molecular complexity index is 1180. The molecule has 0 saturated heterocycles. The SMILES string of the molecule is CC(C)(O)c1cc(C(=O)NN(Cc2ccc(-c3cc(Cl)ccc3F)cc2)C[C@@H](O)C(=O)O)n[nH]1. The van der Waals surface area contributed by atoms with Gasteiger partial charge in [0.25, 0.3) is 5.91 Å². The van der Waals surface area contributed by atoms with Crippen LogP contribution in [0.5, 0.6) is 0 Å².